The lowest BCUT2D eigenvalue weighted by molar-refractivity contribution is 0.556. The Morgan fingerprint density at radius 1 is 1.50 bits per heavy atom. The molecule has 0 radical (unpaired) electrons. The van der Waals surface area contributed by atoms with Crippen LogP contribution in [0, 0.1) is 6.92 Å². The van der Waals surface area contributed by atoms with Crippen molar-refractivity contribution in [2.45, 2.75) is 26.4 Å². The molecular weight excluding hydrogens is 240 g/mol. The Hall–Kier alpha value is -0.380. The van der Waals surface area contributed by atoms with Crippen molar-refractivity contribution in [2.24, 2.45) is 5.73 Å². The van der Waals surface area contributed by atoms with Crippen molar-refractivity contribution in [3.8, 4) is 0 Å². The van der Waals surface area contributed by atoms with Crippen LogP contribution in [0.15, 0.2) is 22.7 Å². The first kappa shape index (κ1) is 11.7. The van der Waals surface area contributed by atoms with Crippen molar-refractivity contribution in [3.63, 3.8) is 0 Å². The molecule has 0 amide bonds. The maximum atomic E-state index is 5.52. The average molecular weight is 257 g/mol. The van der Waals surface area contributed by atoms with Gasteiger partial charge in [-0.05, 0) is 31.0 Å². The fourth-order valence-corrected chi connectivity index (χ4v) is 1.55. The van der Waals surface area contributed by atoms with Gasteiger partial charge in [0, 0.05) is 23.6 Å². The molecule has 1 aromatic rings. The van der Waals surface area contributed by atoms with Crippen LogP contribution in [0.5, 0.6) is 0 Å². The first-order valence-corrected chi connectivity index (χ1v) is 5.61. The molecule has 14 heavy (non-hydrogen) atoms. The summed E-state index contributed by atoms with van der Waals surface area (Å²) in [6, 6.07) is 6.77. The fraction of sp³-hybridized carbons (Fsp3) is 0.455. The lowest BCUT2D eigenvalue weighted by Gasteiger charge is -2.11. The van der Waals surface area contributed by atoms with Crippen molar-refractivity contribution >= 4 is 15.9 Å². The Balaban J connectivity index is 2.55. The summed E-state index contributed by atoms with van der Waals surface area (Å²) in [5.74, 6) is 0. The van der Waals surface area contributed by atoms with E-state index < -0.39 is 0 Å². The average Bonchev–Trinajstić information content (AvgIpc) is 2.19. The van der Waals surface area contributed by atoms with E-state index in [1.165, 1.54) is 11.1 Å². The van der Waals surface area contributed by atoms with Gasteiger partial charge < -0.3 is 11.1 Å². The second-order valence-corrected chi connectivity index (χ2v) is 4.46. The number of aryl methyl sites for hydroxylation is 1. The third-order valence-electron chi connectivity index (χ3n) is 2.24. The van der Waals surface area contributed by atoms with Crippen LogP contribution in [0.1, 0.15) is 18.1 Å². The van der Waals surface area contributed by atoms with E-state index in [2.05, 4.69) is 53.3 Å². The Bertz CT molecular complexity index is 299. The molecule has 0 fully saturated rings. The van der Waals surface area contributed by atoms with Gasteiger partial charge in [0.15, 0.2) is 0 Å². The Morgan fingerprint density at radius 3 is 2.79 bits per heavy atom. The maximum Gasteiger partial charge on any atom is 0.0208 e. The zero-order chi connectivity index (χ0) is 10.6. The molecule has 0 spiro atoms. The number of nitrogens with one attached hydrogen (secondary N) is 1. The van der Waals surface area contributed by atoms with Crippen molar-refractivity contribution in [2.75, 3.05) is 6.54 Å². The lowest BCUT2D eigenvalue weighted by Crippen LogP contribution is -2.32. The van der Waals surface area contributed by atoms with Gasteiger partial charge in [-0.25, -0.2) is 0 Å². The van der Waals surface area contributed by atoms with E-state index in [9.17, 15) is 0 Å². The van der Waals surface area contributed by atoms with Gasteiger partial charge in [0.2, 0.25) is 0 Å². The van der Waals surface area contributed by atoms with Gasteiger partial charge in [-0.15, -0.1) is 0 Å². The summed E-state index contributed by atoms with van der Waals surface area (Å²) in [6.07, 6.45) is 0. The van der Waals surface area contributed by atoms with Crippen LogP contribution in [0.2, 0.25) is 0 Å². The van der Waals surface area contributed by atoms with Crippen LogP contribution in [-0.2, 0) is 6.54 Å². The predicted octanol–water partition coefficient (Wildman–Crippen LogP) is 2.19. The van der Waals surface area contributed by atoms with Crippen LogP contribution in [0.4, 0.5) is 0 Å². The summed E-state index contributed by atoms with van der Waals surface area (Å²) in [5.41, 5.74) is 8.06. The summed E-state index contributed by atoms with van der Waals surface area (Å²) in [4.78, 5) is 0. The van der Waals surface area contributed by atoms with E-state index >= 15 is 0 Å². The van der Waals surface area contributed by atoms with Crippen LogP contribution >= 0.6 is 15.9 Å². The molecule has 78 valence electrons. The molecular formula is C11H17BrN2. The first-order valence-electron chi connectivity index (χ1n) is 4.82. The molecule has 0 aliphatic rings. The molecule has 0 unspecified atom stereocenters. The number of benzene rings is 1. The van der Waals surface area contributed by atoms with Gasteiger partial charge in [0.05, 0.1) is 0 Å². The normalized spacial score (nSPS) is 12.9. The third kappa shape index (κ3) is 3.40. The number of halogens is 1. The molecule has 0 saturated carbocycles. The van der Waals surface area contributed by atoms with Gasteiger partial charge in [-0.1, -0.05) is 28.1 Å². The van der Waals surface area contributed by atoms with Crippen LogP contribution in [0.3, 0.4) is 0 Å². The highest BCUT2D eigenvalue weighted by Crippen LogP contribution is 2.17. The summed E-state index contributed by atoms with van der Waals surface area (Å²) >= 11 is 3.52. The van der Waals surface area contributed by atoms with Gasteiger partial charge in [-0.2, -0.15) is 0 Å². The molecule has 1 atom stereocenters. The summed E-state index contributed by atoms with van der Waals surface area (Å²) in [6.45, 7) is 5.72. The van der Waals surface area contributed by atoms with Crippen LogP contribution in [-0.4, -0.2) is 12.6 Å². The van der Waals surface area contributed by atoms with Crippen molar-refractivity contribution < 1.29 is 0 Å². The molecule has 0 aliphatic carbocycles. The van der Waals surface area contributed by atoms with Crippen molar-refractivity contribution in [3.05, 3.63) is 33.8 Å². The fourth-order valence-electron chi connectivity index (χ4n) is 1.12. The van der Waals surface area contributed by atoms with E-state index in [0.29, 0.717) is 12.6 Å². The molecule has 0 heterocycles. The van der Waals surface area contributed by atoms with E-state index in [1.807, 2.05) is 0 Å². The second kappa shape index (κ2) is 5.49. The SMILES string of the molecule is Cc1ccc(CN[C@@H](C)CN)cc1Br. The minimum Gasteiger partial charge on any atom is -0.329 e. The monoisotopic (exact) mass is 256 g/mol. The van der Waals surface area contributed by atoms with E-state index in [-0.39, 0.29) is 0 Å². The van der Waals surface area contributed by atoms with Crippen molar-refractivity contribution in [1.82, 2.24) is 5.32 Å². The molecule has 0 bridgehead atoms. The highest BCUT2D eigenvalue weighted by Gasteiger charge is 2.00. The van der Waals surface area contributed by atoms with E-state index in [0.717, 1.165) is 11.0 Å². The molecule has 0 aliphatic heterocycles. The lowest BCUT2D eigenvalue weighted by atomic mass is 10.1. The van der Waals surface area contributed by atoms with Crippen LogP contribution < -0.4 is 11.1 Å². The number of hydrogen-bond donors (Lipinski definition) is 2. The van der Waals surface area contributed by atoms with Crippen molar-refractivity contribution in [1.29, 1.82) is 0 Å². The molecule has 2 nitrogen and oxygen atoms in total. The van der Waals surface area contributed by atoms with E-state index in [4.69, 9.17) is 5.73 Å². The minimum atomic E-state index is 0.370. The Kier molecular flexibility index (Phi) is 4.58. The molecule has 1 aromatic carbocycles. The summed E-state index contributed by atoms with van der Waals surface area (Å²) in [5, 5.41) is 3.35. The summed E-state index contributed by atoms with van der Waals surface area (Å²) in [7, 11) is 0. The molecule has 3 N–H and O–H groups in total. The molecule has 0 saturated heterocycles. The van der Waals surface area contributed by atoms with Crippen LogP contribution in [0.25, 0.3) is 0 Å². The molecule has 1 rings (SSSR count). The minimum absolute atomic E-state index is 0.370. The Labute approximate surface area is 94.0 Å². The largest absolute Gasteiger partial charge is 0.329 e. The smallest absolute Gasteiger partial charge is 0.0208 e. The summed E-state index contributed by atoms with van der Waals surface area (Å²) < 4.78 is 1.16. The standard InChI is InChI=1S/C11H17BrN2/c1-8-3-4-10(5-11(8)12)7-14-9(2)6-13/h3-5,9,14H,6-7,13H2,1-2H3/t9-/m0/s1. The zero-order valence-electron chi connectivity index (χ0n) is 8.68. The number of hydrogen-bond acceptors (Lipinski definition) is 2. The topological polar surface area (TPSA) is 38.0 Å². The van der Waals surface area contributed by atoms with Gasteiger partial charge in [-0.3, -0.25) is 0 Å². The van der Waals surface area contributed by atoms with Gasteiger partial charge in [0.1, 0.15) is 0 Å². The second-order valence-electron chi connectivity index (χ2n) is 3.60. The maximum absolute atomic E-state index is 5.52. The highest BCUT2D eigenvalue weighted by atomic mass is 79.9. The predicted molar refractivity (Wildman–Crippen MR) is 64.2 cm³/mol. The Morgan fingerprint density at radius 2 is 2.21 bits per heavy atom. The molecule has 0 aromatic heterocycles. The highest BCUT2D eigenvalue weighted by molar-refractivity contribution is 9.10. The zero-order valence-corrected chi connectivity index (χ0v) is 10.3. The molecule has 3 heteroatoms. The number of rotatable bonds is 4. The third-order valence-corrected chi connectivity index (χ3v) is 3.10. The number of nitrogens with two attached hydrogens (primary N) is 1. The van der Waals surface area contributed by atoms with Gasteiger partial charge >= 0.3 is 0 Å². The quantitative estimate of drug-likeness (QED) is 0.867. The first-order chi connectivity index (χ1) is 6.63. The van der Waals surface area contributed by atoms with E-state index in [1.54, 1.807) is 0 Å². The van der Waals surface area contributed by atoms with Gasteiger partial charge in [0.25, 0.3) is 0 Å².